The van der Waals surface area contributed by atoms with Crippen LogP contribution in [0, 0.1) is 12.8 Å². The van der Waals surface area contributed by atoms with Crippen molar-refractivity contribution in [3.63, 3.8) is 0 Å². The van der Waals surface area contributed by atoms with Gasteiger partial charge in [0.2, 0.25) is 0 Å². The predicted molar refractivity (Wildman–Crippen MR) is 104 cm³/mol. The Balaban J connectivity index is 1.70. The highest BCUT2D eigenvalue weighted by atomic mass is 16.3. The molecule has 0 saturated carbocycles. The highest BCUT2D eigenvalue weighted by Crippen LogP contribution is 2.28. The zero-order valence-corrected chi connectivity index (χ0v) is 15.7. The fourth-order valence-corrected chi connectivity index (χ4v) is 3.63. The Kier molecular flexibility index (Phi) is 4.81. The number of likely N-dealkylation sites (tertiary alicyclic amines) is 1. The molecule has 0 bridgehead atoms. The van der Waals surface area contributed by atoms with Crippen molar-refractivity contribution in [1.29, 1.82) is 0 Å². The number of benzene rings is 1. The fourth-order valence-electron chi connectivity index (χ4n) is 3.63. The van der Waals surface area contributed by atoms with Crippen LogP contribution in [-0.2, 0) is 0 Å². The number of aryl methyl sites for hydroxylation is 1. The molecule has 1 fully saturated rings. The molecule has 6 nitrogen and oxygen atoms in total. The highest BCUT2D eigenvalue weighted by molar-refractivity contribution is 5.99. The number of nitrogens with zero attached hydrogens (tertiary/aromatic N) is 3. The smallest absolute Gasteiger partial charge is 0.257 e. The minimum atomic E-state index is 0.0137. The van der Waals surface area contributed by atoms with E-state index in [1.807, 2.05) is 67.5 Å². The Morgan fingerprint density at radius 2 is 2.07 bits per heavy atom. The molecule has 1 aromatic carbocycles. The SMILES string of the molecule is CNC[C@H]1CCN(C(=O)c2cn(-c3ccccc3)nc2-c2ccc(C)o2)C1. The van der Waals surface area contributed by atoms with Crippen molar-refractivity contribution in [1.82, 2.24) is 20.0 Å². The van der Waals surface area contributed by atoms with Crippen LogP contribution >= 0.6 is 0 Å². The molecule has 1 N–H and O–H groups in total. The van der Waals surface area contributed by atoms with Gasteiger partial charge >= 0.3 is 0 Å². The maximum atomic E-state index is 13.3. The quantitative estimate of drug-likeness (QED) is 0.756. The number of hydrogen-bond acceptors (Lipinski definition) is 4. The van der Waals surface area contributed by atoms with E-state index in [-0.39, 0.29) is 5.91 Å². The first kappa shape index (κ1) is 17.5. The van der Waals surface area contributed by atoms with Gasteiger partial charge in [-0.25, -0.2) is 4.68 Å². The van der Waals surface area contributed by atoms with Gasteiger partial charge in [-0.15, -0.1) is 0 Å². The molecule has 1 atom stereocenters. The standard InChI is InChI=1S/C21H24N4O2/c1-15-8-9-19(27-15)20-18(14-25(23-20)17-6-4-3-5-7-17)21(26)24-11-10-16(13-24)12-22-2/h3-9,14,16,22H,10-13H2,1-2H3/t16-/m1/s1. The zero-order chi connectivity index (χ0) is 18.8. The number of hydrogen-bond donors (Lipinski definition) is 1. The van der Waals surface area contributed by atoms with Crippen molar-refractivity contribution in [2.24, 2.45) is 5.92 Å². The van der Waals surface area contributed by atoms with Crippen molar-refractivity contribution in [2.45, 2.75) is 13.3 Å². The Bertz CT molecular complexity index is 929. The van der Waals surface area contributed by atoms with Crippen LogP contribution in [0.15, 0.2) is 53.1 Å². The minimum Gasteiger partial charge on any atom is -0.460 e. The van der Waals surface area contributed by atoms with Crippen molar-refractivity contribution in [2.75, 3.05) is 26.7 Å². The summed E-state index contributed by atoms with van der Waals surface area (Å²) in [4.78, 5) is 15.2. The average molecular weight is 364 g/mol. The van der Waals surface area contributed by atoms with E-state index in [2.05, 4.69) is 10.4 Å². The van der Waals surface area contributed by atoms with Crippen LogP contribution in [0.25, 0.3) is 17.1 Å². The highest BCUT2D eigenvalue weighted by Gasteiger charge is 2.30. The van der Waals surface area contributed by atoms with Crippen LogP contribution in [0.3, 0.4) is 0 Å². The molecule has 0 radical (unpaired) electrons. The third kappa shape index (κ3) is 3.53. The molecule has 1 aliphatic rings. The lowest BCUT2D eigenvalue weighted by Crippen LogP contribution is -2.30. The molecule has 0 unspecified atom stereocenters. The fraction of sp³-hybridized carbons (Fsp3) is 0.333. The van der Waals surface area contributed by atoms with Gasteiger partial charge < -0.3 is 14.6 Å². The molecule has 27 heavy (non-hydrogen) atoms. The van der Waals surface area contributed by atoms with E-state index in [1.165, 1.54) is 0 Å². The summed E-state index contributed by atoms with van der Waals surface area (Å²) >= 11 is 0. The summed E-state index contributed by atoms with van der Waals surface area (Å²) in [6.45, 7) is 4.37. The second-order valence-electron chi connectivity index (χ2n) is 7.05. The van der Waals surface area contributed by atoms with Crippen molar-refractivity contribution in [3.05, 3.63) is 60.0 Å². The first-order valence-corrected chi connectivity index (χ1v) is 9.31. The lowest BCUT2D eigenvalue weighted by atomic mass is 10.1. The second-order valence-corrected chi connectivity index (χ2v) is 7.05. The largest absolute Gasteiger partial charge is 0.460 e. The Hall–Kier alpha value is -2.86. The Morgan fingerprint density at radius 1 is 1.26 bits per heavy atom. The van der Waals surface area contributed by atoms with Gasteiger partial charge in [0.25, 0.3) is 5.91 Å². The van der Waals surface area contributed by atoms with Crippen LogP contribution in [0.5, 0.6) is 0 Å². The molecule has 1 saturated heterocycles. The summed E-state index contributed by atoms with van der Waals surface area (Å²) in [5.41, 5.74) is 2.09. The second kappa shape index (κ2) is 7.40. The van der Waals surface area contributed by atoms with Crippen LogP contribution in [0.1, 0.15) is 22.5 Å². The van der Waals surface area contributed by atoms with E-state index in [0.29, 0.717) is 22.9 Å². The third-order valence-corrected chi connectivity index (χ3v) is 5.00. The minimum absolute atomic E-state index is 0.0137. The van der Waals surface area contributed by atoms with Gasteiger partial charge in [-0.2, -0.15) is 5.10 Å². The number of carbonyl (C=O) groups excluding carboxylic acids is 1. The third-order valence-electron chi connectivity index (χ3n) is 5.00. The maximum Gasteiger partial charge on any atom is 0.257 e. The molecular formula is C21H24N4O2. The van der Waals surface area contributed by atoms with Crippen LogP contribution in [0.2, 0.25) is 0 Å². The summed E-state index contributed by atoms with van der Waals surface area (Å²) in [6, 6.07) is 13.6. The number of para-hydroxylation sites is 1. The lowest BCUT2D eigenvalue weighted by Gasteiger charge is -2.16. The van der Waals surface area contributed by atoms with E-state index in [9.17, 15) is 4.79 Å². The summed E-state index contributed by atoms with van der Waals surface area (Å²) < 4.78 is 7.53. The van der Waals surface area contributed by atoms with E-state index in [1.54, 1.807) is 4.68 Å². The summed E-state index contributed by atoms with van der Waals surface area (Å²) in [5.74, 6) is 1.93. The van der Waals surface area contributed by atoms with Crippen molar-refractivity contribution >= 4 is 5.91 Å². The van der Waals surface area contributed by atoms with Crippen molar-refractivity contribution < 1.29 is 9.21 Å². The molecule has 0 aliphatic carbocycles. The number of rotatable bonds is 5. The predicted octanol–water partition coefficient (Wildman–Crippen LogP) is 3.12. The topological polar surface area (TPSA) is 63.3 Å². The maximum absolute atomic E-state index is 13.3. The van der Waals surface area contributed by atoms with Gasteiger partial charge in [-0.1, -0.05) is 18.2 Å². The molecule has 3 heterocycles. The summed E-state index contributed by atoms with van der Waals surface area (Å²) in [5, 5.41) is 7.88. The van der Waals surface area contributed by atoms with E-state index >= 15 is 0 Å². The Morgan fingerprint density at radius 3 is 2.78 bits per heavy atom. The number of furan rings is 1. The summed E-state index contributed by atoms with van der Waals surface area (Å²) in [7, 11) is 1.95. The van der Waals surface area contributed by atoms with Crippen LogP contribution < -0.4 is 5.32 Å². The van der Waals surface area contributed by atoms with Crippen LogP contribution in [0.4, 0.5) is 0 Å². The number of nitrogens with one attached hydrogen (secondary N) is 1. The normalized spacial score (nSPS) is 16.8. The van der Waals surface area contributed by atoms with E-state index in [4.69, 9.17) is 4.42 Å². The van der Waals surface area contributed by atoms with Crippen LogP contribution in [-0.4, -0.2) is 47.3 Å². The first-order chi connectivity index (χ1) is 13.2. The van der Waals surface area contributed by atoms with Crippen molar-refractivity contribution in [3.8, 4) is 17.1 Å². The van der Waals surface area contributed by atoms with E-state index in [0.717, 1.165) is 37.5 Å². The molecule has 3 aromatic rings. The van der Waals surface area contributed by atoms with Gasteiger partial charge in [0, 0.05) is 19.3 Å². The monoisotopic (exact) mass is 364 g/mol. The van der Waals surface area contributed by atoms with E-state index < -0.39 is 0 Å². The Labute approximate surface area is 158 Å². The molecule has 4 rings (SSSR count). The molecule has 1 amide bonds. The molecule has 1 aliphatic heterocycles. The molecule has 0 spiro atoms. The lowest BCUT2D eigenvalue weighted by molar-refractivity contribution is 0.0787. The number of carbonyl (C=O) groups is 1. The average Bonchev–Trinajstić information content (AvgIpc) is 3.41. The van der Waals surface area contributed by atoms with Gasteiger partial charge in [0.05, 0.1) is 11.3 Å². The number of aromatic nitrogens is 2. The van der Waals surface area contributed by atoms with Gasteiger partial charge in [0.15, 0.2) is 5.76 Å². The summed E-state index contributed by atoms with van der Waals surface area (Å²) in [6.07, 6.45) is 2.84. The molecular weight excluding hydrogens is 340 g/mol. The van der Waals surface area contributed by atoms with Gasteiger partial charge in [-0.3, -0.25) is 4.79 Å². The van der Waals surface area contributed by atoms with Gasteiger partial charge in [0.1, 0.15) is 11.5 Å². The molecule has 2 aromatic heterocycles. The number of amides is 1. The molecule has 6 heteroatoms. The molecule has 140 valence electrons. The first-order valence-electron chi connectivity index (χ1n) is 9.31. The zero-order valence-electron chi connectivity index (χ0n) is 15.7. The van der Waals surface area contributed by atoms with Gasteiger partial charge in [-0.05, 0) is 57.1 Å².